The first-order valence-electron chi connectivity index (χ1n) is 4.79. The Kier molecular flexibility index (Phi) is 7.94. The molecular formula is C8H18N2O2S2. The van der Waals surface area contributed by atoms with Gasteiger partial charge in [0.25, 0.3) is 0 Å². The lowest BCUT2D eigenvalue weighted by Crippen LogP contribution is -2.21. The van der Waals surface area contributed by atoms with E-state index in [0.29, 0.717) is 17.9 Å². The van der Waals surface area contributed by atoms with Gasteiger partial charge >= 0.3 is 0 Å². The van der Waals surface area contributed by atoms with Gasteiger partial charge in [0.2, 0.25) is 0 Å². The molecule has 4 nitrogen and oxygen atoms in total. The van der Waals surface area contributed by atoms with Gasteiger partial charge in [0.05, 0.1) is 26.4 Å². The van der Waals surface area contributed by atoms with Gasteiger partial charge in [-0.1, -0.05) is 21.6 Å². The summed E-state index contributed by atoms with van der Waals surface area (Å²) in [6, 6.07) is 0. The van der Waals surface area contributed by atoms with Crippen LogP contribution in [0.25, 0.3) is 0 Å². The Balaban J connectivity index is 1.63. The predicted molar refractivity (Wildman–Crippen MR) is 62.5 cm³/mol. The van der Waals surface area contributed by atoms with Gasteiger partial charge in [-0.3, -0.25) is 5.32 Å². The van der Waals surface area contributed by atoms with Crippen LogP contribution in [0.5, 0.6) is 0 Å². The normalized spacial score (nSPS) is 16.1. The summed E-state index contributed by atoms with van der Waals surface area (Å²) < 4.78 is 11.3. The van der Waals surface area contributed by atoms with Crippen LogP contribution in [0, 0.1) is 0 Å². The summed E-state index contributed by atoms with van der Waals surface area (Å²) in [5, 5.41) is 6.34. The molecule has 0 aromatic heterocycles. The van der Waals surface area contributed by atoms with Gasteiger partial charge in [-0.2, -0.15) is 0 Å². The van der Waals surface area contributed by atoms with E-state index in [0.717, 1.165) is 26.3 Å². The third-order valence-corrected chi connectivity index (χ3v) is 3.49. The van der Waals surface area contributed by atoms with E-state index in [4.69, 9.17) is 9.47 Å². The molecule has 84 valence electrons. The quantitative estimate of drug-likeness (QED) is 0.328. The van der Waals surface area contributed by atoms with Crippen molar-refractivity contribution in [3.63, 3.8) is 0 Å². The zero-order valence-electron chi connectivity index (χ0n) is 8.45. The second-order valence-electron chi connectivity index (χ2n) is 2.81. The summed E-state index contributed by atoms with van der Waals surface area (Å²) in [4.78, 5) is 0. The maximum Gasteiger partial charge on any atom is 0.121 e. The first-order chi connectivity index (χ1) is 6.93. The second-order valence-corrected chi connectivity index (χ2v) is 5.59. The third-order valence-electron chi connectivity index (χ3n) is 1.62. The average molecular weight is 238 g/mol. The lowest BCUT2D eigenvalue weighted by Gasteiger charge is -2.05. The minimum absolute atomic E-state index is 0.616. The van der Waals surface area contributed by atoms with Crippen LogP contribution in [0.3, 0.4) is 0 Å². The molecule has 6 heteroatoms. The van der Waals surface area contributed by atoms with Crippen LogP contribution in [0.2, 0.25) is 0 Å². The van der Waals surface area contributed by atoms with Crippen LogP contribution < -0.4 is 10.6 Å². The first kappa shape index (κ1) is 12.6. The van der Waals surface area contributed by atoms with Crippen molar-refractivity contribution in [3.8, 4) is 0 Å². The van der Waals surface area contributed by atoms with E-state index in [1.165, 1.54) is 0 Å². The minimum Gasteiger partial charge on any atom is -0.378 e. The van der Waals surface area contributed by atoms with Crippen molar-refractivity contribution >= 4 is 21.6 Å². The highest BCUT2D eigenvalue weighted by Crippen LogP contribution is 2.50. The molecular weight excluding hydrogens is 220 g/mol. The summed E-state index contributed by atoms with van der Waals surface area (Å²) in [7, 11) is 5.64. The molecule has 1 aliphatic heterocycles. The molecule has 0 aromatic rings. The Morgan fingerprint density at radius 3 is 2.21 bits per heavy atom. The summed E-state index contributed by atoms with van der Waals surface area (Å²) in [6.07, 6.45) is 0. The van der Waals surface area contributed by atoms with E-state index < -0.39 is 0 Å². The number of likely N-dealkylation sites (N-methyl/N-ethyl adjacent to an activating group) is 1. The van der Waals surface area contributed by atoms with Gasteiger partial charge in [-0.05, 0) is 7.05 Å². The summed E-state index contributed by atoms with van der Waals surface area (Å²) in [6.45, 7) is 4.74. The van der Waals surface area contributed by atoms with E-state index >= 15 is 0 Å². The van der Waals surface area contributed by atoms with Gasteiger partial charge < -0.3 is 14.8 Å². The van der Waals surface area contributed by atoms with Crippen molar-refractivity contribution in [1.82, 2.24) is 10.6 Å². The van der Waals surface area contributed by atoms with Crippen LogP contribution in [0.1, 0.15) is 0 Å². The molecule has 1 saturated heterocycles. The fourth-order valence-corrected chi connectivity index (χ4v) is 1.84. The van der Waals surface area contributed by atoms with Gasteiger partial charge in [0, 0.05) is 13.1 Å². The van der Waals surface area contributed by atoms with Crippen molar-refractivity contribution < 1.29 is 9.47 Å². The zero-order valence-corrected chi connectivity index (χ0v) is 10.1. The average Bonchev–Trinajstić information content (AvgIpc) is 2.99. The molecule has 0 radical (unpaired) electrons. The fraction of sp³-hybridized carbons (Fsp3) is 1.00. The molecule has 0 bridgehead atoms. The van der Waals surface area contributed by atoms with Gasteiger partial charge in [0.15, 0.2) is 0 Å². The highest BCUT2D eigenvalue weighted by atomic mass is 33.2. The SMILES string of the molecule is CNCCOCCOCCNC1SS1. The predicted octanol–water partition coefficient (Wildman–Crippen LogP) is 0.507. The molecule has 14 heavy (non-hydrogen) atoms. The molecule has 1 fully saturated rings. The topological polar surface area (TPSA) is 42.5 Å². The maximum atomic E-state index is 5.37. The number of hydrogen-bond donors (Lipinski definition) is 2. The molecule has 2 N–H and O–H groups in total. The van der Waals surface area contributed by atoms with Crippen molar-refractivity contribution in [1.29, 1.82) is 0 Å². The van der Waals surface area contributed by atoms with E-state index in [9.17, 15) is 0 Å². The van der Waals surface area contributed by atoms with Crippen molar-refractivity contribution in [2.75, 3.05) is 46.6 Å². The summed E-state index contributed by atoms with van der Waals surface area (Å²) in [5.41, 5.74) is 0. The van der Waals surface area contributed by atoms with Crippen molar-refractivity contribution in [2.45, 2.75) is 4.71 Å². The Morgan fingerprint density at radius 2 is 1.64 bits per heavy atom. The monoisotopic (exact) mass is 238 g/mol. The summed E-state index contributed by atoms with van der Waals surface area (Å²) >= 11 is 0. The minimum atomic E-state index is 0.616. The number of hydrogen-bond acceptors (Lipinski definition) is 6. The third kappa shape index (κ3) is 7.90. The van der Waals surface area contributed by atoms with Crippen LogP contribution in [0.15, 0.2) is 0 Å². The van der Waals surface area contributed by atoms with Crippen LogP contribution in [-0.2, 0) is 9.47 Å². The smallest absolute Gasteiger partial charge is 0.121 e. The molecule has 0 saturated carbocycles. The molecule has 0 amide bonds. The molecule has 1 heterocycles. The van der Waals surface area contributed by atoms with E-state index in [-0.39, 0.29) is 0 Å². The number of ether oxygens (including phenoxy) is 2. The molecule has 1 rings (SSSR count). The Morgan fingerprint density at radius 1 is 1.00 bits per heavy atom. The number of nitrogens with one attached hydrogen (secondary N) is 2. The van der Waals surface area contributed by atoms with Crippen LogP contribution >= 0.6 is 21.6 Å². The summed E-state index contributed by atoms with van der Waals surface area (Å²) in [5.74, 6) is 0. The van der Waals surface area contributed by atoms with Crippen molar-refractivity contribution in [2.24, 2.45) is 0 Å². The molecule has 0 aliphatic carbocycles. The number of rotatable bonds is 10. The molecule has 0 spiro atoms. The molecule has 1 aliphatic rings. The Labute approximate surface area is 93.3 Å². The first-order valence-corrected chi connectivity index (χ1v) is 7.06. The van der Waals surface area contributed by atoms with E-state index in [1.54, 1.807) is 0 Å². The fourth-order valence-electron chi connectivity index (χ4n) is 0.841. The van der Waals surface area contributed by atoms with Crippen molar-refractivity contribution in [3.05, 3.63) is 0 Å². The Bertz CT molecular complexity index is 137. The largest absolute Gasteiger partial charge is 0.378 e. The zero-order chi connectivity index (χ0) is 10.1. The molecule has 0 unspecified atom stereocenters. The molecule has 0 atom stereocenters. The van der Waals surface area contributed by atoms with Crippen LogP contribution in [0.4, 0.5) is 0 Å². The van der Waals surface area contributed by atoms with Gasteiger partial charge in [-0.15, -0.1) is 0 Å². The highest BCUT2D eigenvalue weighted by Gasteiger charge is 2.22. The lowest BCUT2D eigenvalue weighted by atomic mass is 10.6. The second kappa shape index (κ2) is 8.82. The highest BCUT2D eigenvalue weighted by molar-refractivity contribution is 8.92. The standard InChI is InChI=1S/C8H18N2O2S2/c1-9-2-4-11-6-7-12-5-3-10-8-13-14-8/h8-10H,2-7H2,1H3. The van der Waals surface area contributed by atoms with Gasteiger partial charge in [-0.25, -0.2) is 0 Å². The van der Waals surface area contributed by atoms with E-state index in [2.05, 4.69) is 10.6 Å². The molecule has 0 aromatic carbocycles. The van der Waals surface area contributed by atoms with Gasteiger partial charge in [0.1, 0.15) is 4.71 Å². The maximum absolute atomic E-state index is 5.37. The van der Waals surface area contributed by atoms with E-state index in [1.807, 2.05) is 28.6 Å². The lowest BCUT2D eigenvalue weighted by molar-refractivity contribution is 0.0506. The van der Waals surface area contributed by atoms with Crippen LogP contribution in [-0.4, -0.2) is 51.3 Å². The Hall–Kier alpha value is 0.540.